The molecule has 1 saturated heterocycles. The first-order valence-corrected chi connectivity index (χ1v) is 10.2. The molecule has 156 valence electrons. The van der Waals surface area contributed by atoms with Crippen molar-refractivity contribution in [3.63, 3.8) is 0 Å². The molecule has 1 fully saturated rings. The number of fused-ring (bicyclic) bond motifs is 1. The molecule has 1 aliphatic rings. The summed E-state index contributed by atoms with van der Waals surface area (Å²) in [6.45, 7) is 1.93. The van der Waals surface area contributed by atoms with E-state index in [1.807, 2.05) is 36.5 Å². The molecule has 7 heteroatoms. The summed E-state index contributed by atoms with van der Waals surface area (Å²) in [5, 5.41) is 12.3. The number of β-amino-alcohol motifs (C(OH)–C–C–N with tert-alkyl or cyclic N) is 1. The predicted octanol–water partition coefficient (Wildman–Crippen LogP) is 2.19. The quantitative estimate of drug-likeness (QED) is 0.676. The van der Waals surface area contributed by atoms with Crippen molar-refractivity contribution in [3.05, 3.63) is 66.1 Å². The normalized spacial score (nSPS) is 19.1. The molecule has 1 aromatic carbocycles. The van der Waals surface area contributed by atoms with E-state index in [0.29, 0.717) is 25.1 Å². The highest BCUT2D eigenvalue weighted by atomic mass is 16.3. The van der Waals surface area contributed by atoms with Crippen LogP contribution in [-0.2, 0) is 6.54 Å². The summed E-state index contributed by atoms with van der Waals surface area (Å²) in [6, 6.07) is 11.2. The highest BCUT2D eigenvalue weighted by Gasteiger charge is 2.36. The Morgan fingerprint density at radius 1 is 1.30 bits per heavy atom. The van der Waals surface area contributed by atoms with E-state index in [1.165, 1.54) is 0 Å². The SMILES string of the molecule is CN(C[C@@]1(O)CCCN(c2ccnc3ccncc23)C1)C(=O)c1cccc(CN)c1. The van der Waals surface area contributed by atoms with Crippen LogP contribution in [0, 0.1) is 0 Å². The van der Waals surface area contributed by atoms with Gasteiger partial charge in [-0.15, -0.1) is 0 Å². The number of anilines is 1. The fourth-order valence-electron chi connectivity index (χ4n) is 4.26. The summed E-state index contributed by atoms with van der Waals surface area (Å²) in [7, 11) is 1.74. The van der Waals surface area contributed by atoms with Gasteiger partial charge in [0.15, 0.2) is 0 Å². The van der Waals surface area contributed by atoms with Crippen LogP contribution < -0.4 is 10.6 Å². The van der Waals surface area contributed by atoms with Crippen LogP contribution in [0.4, 0.5) is 5.69 Å². The molecule has 0 saturated carbocycles. The van der Waals surface area contributed by atoms with Gasteiger partial charge in [-0.3, -0.25) is 14.8 Å². The maximum absolute atomic E-state index is 12.9. The number of nitrogens with two attached hydrogens (primary N) is 1. The molecule has 3 aromatic rings. The topological polar surface area (TPSA) is 95.6 Å². The number of pyridine rings is 2. The smallest absolute Gasteiger partial charge is 0.253 e. The van der Waals surface area contributed by atoms with Gasteiger partial charge in [0.2, 0.25) is 0 Å². The Hall–Kier alpha value is -3.03. The third-order valence-electron chi connectivity index (χ3n) is 5.70. The summed E-state index contributed by atoms with van der Waals surface area (Å²) in [5.41, 5.74) is 8.09. The van der Waals surface area contributed by atoms with Gasteiger partial charge in [-0.05, 0) is 42.7 Å². The van der Waals surface area contributed by atoms with Crippen LogP contribution in [0.3, 0.4) is 0 Å². The molecular weight excluding hydrogens is 378 g/mol. The number of hydrogen-bond acceptors (Lipinski definition) is 6. The zero-order valence-corrected chi connectivity index (χ0v) is 17.2. The number of aliphatic hydroxyl groups is 1. The lowest BCUT2D eigenvalue weighted by Crippen LogP contribution is -2.54. The van der Waals surface area contributed by atoms with Crippen molar-refractivity contribution < 1.29 is 9.90 Å². The number of carbonyl (C=O) groups excluding carboxylic acids is 1. The summed E-state index contributed by atoms with van der Waals surface area (Å²) >= 11 is 0. The van der Waals surface area contributed by atoms with Gasteiger partial charge in [0.1, 0.15) is 0 Å². The number of rotatable bonds is 5. The number of benzene rings is 1. The second-order valence-corrected chi connectivity index (χ2v) is 8.04. The van der Waals surface area contributed by atoms with Gasteiger partial charge in [0, 0.05) is 61.9 Å². The fourth-order valence-corrected chi connectivity index (χ4v) is 4.26. The summed E-state index contributed by atoms with van der Waals surface area (Å²) in [4.78, 5) is 25.3. The van der Waals surface area contributed by atoms with E-state index >= 15 is 0 Å². The molecule has 7 nitrogen and oxygen atoms in total. The number of piperidine rings is 1. The number of nitrogens with zero attached hydrogens (tertiary/aromatic N) is 4. The lowest BCUT2D eigenvalue weighted by Gasteiger charge is -2.42. The Kier molecular flexibility index (Phi) is 5.65. The van der Waals surface area contributed by atoms with Crippen LogP contribution in [0.2, 0.25) is 0 Å². The molecule has 0 bridgehead atoms. The molecule has 0 aliphatic carbocycles. The highest BCUT2D eigenvalue weighted by molar-refractivity contribution is 5.94. The fraction of sp³-hybridized carbons (Fsp3) is 0.348. The largest absolute Gasteiger partial charge is 0.386 e. The first kappa shape index (κ1) is 20.3. The van der Waals surface area contributed by atoms with E-state index in [4.69, 9.17) is 5.73 Å². The van der Waals surface area contributed by atoms with Crippen molar-refractivity contribution >= 4 is 22.5 Å². The minimum Gasteiger partial charge on any atom is -0.386 e. The predicted molar refractivity (Wildman–Crippen MR) is 117 cm³/mol. The summed E-state index contributed by atoms with van der Waals surface area (Å²) in [6.07, 6.45) is 6.80. The Bertz CT molecular complexity index is 1050. The van der Waals surface area contributed by atoms with Crippen LogP contribution in [0.5, 0.6) is 0 Å². The Morgan fingerprint density at radius 2 is 2.17 bits per heavy atom. The van der Waals surface area contributed by atoms with E-state index in [2.05, 4.69) is 14.9 Å². The van der Waals surface area contributed by atoms with Gasteiger partial charge >= 0.3 is 0 Å². The second-order valence-electron chi connectivity index (χ2n) is 8.04. The number of hydrogen-bond donors (Lipinski definition) is 2. The van der Waals surface area contributed by atoms with Gasteiger partial charge in [-0.1, -0.05) is 12.1 Å². The molecule has 0 unspecified atom stereocenters. The van der Waals surface area contributed by atoms with Crippen LogP contribution in [0.15, 0.2) is 55.0 Å². The minimum absolute atomic E-state index is 0.116. The number of likely N-dealkylation sites (N-methyl/N-ethyl adjacent to an activating group) is 1. The standard InChI is InChI=1S/C23H27N5O2/c1-27(22(29)18-5-2-4-17(12-18)13-24)15-23(30)8-3-11-28(16-23)21-7-10-26-20-6-9-25-14-19(20)21/h2,4-7,9-10,12,14,30H,3,8,11,13,15-16,24H2,1H3/t23-/m0/s1. The number of carbonyl (C=O) groups is 1. The van der Waals surface area contributed by atoms with E-state index in [9.17, 15) is 9.90 Å². The van der Waals surface area contributed by atoms with Gasteiger partial charge in [0.25, 0.3) is 5.91 Å². The van der Waals surface area contributed by atoms with Crippen LogP contribution >= 0.6 is 0 Å². The van der Waals surface area contributed by atoms with E-state index < -0.39 is 5.60 Å². The third kappa shape index (κ3) is 4.13. The average molecular weight is 406 g/mol. The number of amides is 1. The lowest BCUT2D eigenvalue weighted by atomic mass is 9.91. The zero-order chi connectivity index (χ0) is 21.1. The van der Waals surface area contributed by atoms with Crippen molar-refractivity contribution in [1.29, 1.82) is 0 Å². The third-order valence-corrected chi connectivity index (χ3v) is 5.70. The van der Waals surface area contributed by atoms with Gasteiger partial charge in [-0.25, -0.2) is 0 Å². The highest BCUT2D eigenvalue weighted by Crippen LogP contribution is 2.31. The Morgan fingerprint density at radius 3 is 3.00 bits per heavy atom. The molecule has 30 heavy (non-hydrogen) atoms. The molecule has 1 amide bonds. The Labute approximate surface area is 176 Å². The van der Waals surface area contributed by atoms with Crippen molar-refractivity contribution in [3.8, 4) is 0 Å². The monoisotopic (exact) mass is 405 g/mol. The molecular formula is C23H27N5O2. The molecule has 3 heterocycles. The summed E-state index contributed by atoms with van der Waals surface area (Å²) in [5.74, 6) is -0.116. The molecule has 1 atom stereocenters. The summed E-state index contributed by atoms with van der Waals surface area (Å²) < 4.78 is 0. The van der Waals surface area contributed by atoms with Crippen molar-refractivity contribution in [2.45, 2.75) is 25.0 Å². The van der Waals surface area contributed by atoms with E-state index in [-0.39, 0.29) is 12.5 Å². The van der Waals surface area contributed by atoms with Crippen molar-refractivity contribution in [1.82, 2.24) is 14.9 Å². The average Bonchev–Trinajstić information content (AvgIpc) is 2.78. The number of aromatic nitrogens is 2. The van der Waals surface area contributed by atoms with Gasteiger partial charge in [-0.2, -0.15) is 0 Å². The van der Waals surface area contributed by atoms with E-state index in [0.717, 1.165) is 35.1 Å². The molecule has 2 aromatic heterocycles. The second kappa shape index (κ2) is 8.38. The minimum atomic E-state index is -0.994. The maximum atomic E-state index is 12.9. The zero-order valence-electron chi connectivity index (χ0n) is 17.2. The molecule has 4 rings (SSSR count). The van der Waals surface area contributed by atoms with Crippen molar-refractivity contribution in [2.24, 2.45) is 5.73 Å². The van der Waals surface area contributed by atoms with Crippen LogP contribution in [-0.4, -0.2) is 58.2 Å². The van der Waals surface area contributed by atoms with Crippen LogP contribution in [0.1, 0.15) is 28.8 Å². The Balaban J connectivity index is 1.52. The van der Waals surface area contributed by atoms with E-state index in [1.54, 1.807) is 30.4 Å². The lowest BCUT2D eigenvalue weighted by molar-refractivity contribution is 0.0000665. The molecule has 3 N–H and O–H groups in total. The molecule has 0 spiro atoms. The van der Waals surface area contributed by atoms with Gasteiger partial charge < -0.3 is 20.6 Å². The first-order valence-electron chi connectivity index (χ1n) is 10.2. The molecule has 0 radical (unpaired) electrons. The first-order chi connectivity index (χ1) is 14.5. The van der Waals surface area contributed by atoms with Crippen molar-refractivity contribution in [2.75, 3.05) is 31.6 Å². The maximum Gasteiger partial charge on any atom is 0.253 e. The van der Waals surface area contributed by atoms with Crippen LogP contribution in [0.25, 0.3) is 10.9 Å². The van der Waals surface area contributed by atoms with Gasteiger partial charge in [0.05, 0.1) is 17.7 Å². The molecule has 1 aliphatic heterocycles.